The SMILES string of the molecule is O=C(NCCCn1cc(C(=O)N2CCSCC2)nn1)c1ccc(Oc2ccccc2)o1. The minimum absolute atomic E-state index is 0.0776. The van der Waals surface area contributed by atoms with Crippen LogP contribution in [0.2, 0.25) is 0 Å². The Morgan fingerprint density at radius 1 is 1.13 bits per heavy atom. The van der Waals surface area contributed by atoms with Crippen LogP contribution in [0.15, 0.2) is 53.1 Å². The summed E-state index contributed by atoms with van der Waals surface area (Å²) in [5, 5.41) is 10.8. The molecule has 1 saturated heterocycles. The number of para-hydroxylation sites is 1. The topological polar surface area (TPSA) is 102 Å². The Bertz CT molecular complexity index is 1010. The van der Waals surface area contributed by atoms with Crippen LogP contribution in [0, 0.1) is 0 Å². The summed E-state index contributed by atoms with van der Waals surface area (Å²) in [4.78, 5) is 26.5. The van der Waals surface area contributed by atoms with Gasteiger partial charge in [-0.25, -0.2) is 0 Å². The van der Waals surface area contributed by atoms with Crippen LogP contribution in [0.1, 0.15) is 27.5 Å². The molecule has 4 rings (SSSR count). The van der Waals surface area contributed by atoms with E-state index in [-0.39, 0.29) is 23.5 Å². The van der Waals surface area contributed by atoms with Crippen LogP contribution in [-0.2, 0) is 6.54 Å². The number of nitrogens with zero attached hydrogens (tertiary/aromatic N) is 4. The van der Waals surface area contributed by atoms with Crippen molar-refractivity contribution in [2.24, 2.45) is 0 Å². The third-order valence-electron chi connectivity index (χ3n) is 4.67. The average Bonchev–Trinajstić information content (AvgIpc) is 3.47. The Morgan fingerprint density at radius 2 is 1.94 bits per heavy atom. The van der Waals surface area contributed by atoms with Gasteiger partial charge in [0, 0.05) is 43.8 Å². The number of aromatic nitrogens is 3. The van der Waals surface area contributed by atoms with Gasteiger partial charge in [-0.2, -0.15) is 11.8 Å². The zero-order valence-corrected chi connectivity index (χ0v) is 17.7. The largest absolute Gasteiger partial charge is 0.426 e. The van der Waals surface area contributed by atoms with E-state index in [0.29, 0.717) is 31.0 Å². The molecule has 0 radical (unpaired) electrons. The average molecular weight is 442 g/mol. The van der Waals surface area contributed by atoms with Crippen molar-refractivity contribution in [1.82, 2.24) is 25.2 Å². The maximum absolute atomic E-state index is 12.4. The fraction of sp³-hybridized carbons (Fsp3) is 0.333. The molecule has 0 unspecified atom stereocenters. The van der Waals surface area contributed by atoms with Crippen LogP contribution in [0.5, 0.6) is 11.7 Å². The van der Waals surface area contributed by atoms with E-state index in [1.165, 1.54) is 0 Å². The van der Waals surface area contributed by atoms with Crippen molar-refractivity contribution in [1.29, 1.82) is 0 Å². The summed E-state index contributed by atoms with van der Waals surface area (Å²) >= 11 is 1.85. The minimum atomic E-state index is -0.319. The second-order valence-corrected chi connectivity index (χ2v) is 8.14. The highest BCUT2D eigenvalue weighted by Gasteiger charge is 2.21. The predicted octanol–water partition coefficient (Wildman–Crippen LogP) is 2.67. The zero-order valence-electron chi connectivity index (χ0n) is 16.9. The second kappa shape index (κ2) is 10.2. The lowest BCUT2D eigenvalue weighted by Crippen LogP contribution is -2.38. The monoisotopic (exact) mass is 441 g/mol. The molecule has 1 fully saturated rings. The first kappa shape index (κ1) is 21.0. The number of furan rings is 1. The molecule has 0 aliphatic carbocycles. The molecule has 0 atom stereocenters. The Labute approximate surface area is 183 Å². The molecule has 3 aromatic rings. The van der Waals surface area contributed by atoms with Crippen LogP contribution >= 0.6 is 11.8 Å². The van der Waals surface area contributed by atoms with E-state index in [1.807, 2.05) is 34.9 Å². The number of benzene rings is 1. The Morgan fingerprint density at radius 3 is 2.74 bits per heavy atom. The van der Waals surface area contributed by atoms with Crippen molar-refractivity contribution in [2.75, 3.05) is 31.1 Å². The molecular weight excluding hydrogens is 418 g/mol. The van der Waals surface area contributed by atoms with E-state index in [1.54, 1.807) is 35.1 Å². The third kappa shape index (κ3) is 5.66. The smallest absolute Gasteiger partial charge is 0.290 e. The first-order chi connectivity index (χ1) is 15.2. The van der Waals surface area contributed by atoms with Gasteiger partial charge in [-0.3, -0.25) is 14.3 Å². The fourth-order valence-corrected chi connectivity index (χ4v) is 3.97. The lowest BCUT2D eigenvalue weighted by Gasteiger charge is -2.25. The van der Waals surface area contributed by atoms with E-state index in [0.717, 1.165) is 24.6 Å². The van der Waals surface area contributed by atoms with Gasteiger partial charge in [-0.1, -0.05) is 23.4 Å². The standard InChI is InChI=1S/C21H23N5O4S/c27-20(18-7-8-19(30-18)29-16-5-2-1-3-6-16)22-9-4-10-26-15-17(23-24-26)21(28)25-11-13-31-14-12-25/h1-3,5-8,15H,4,9-14H2,(H,22,27). The van der Waals surface area contributed by atoms with Crippen LogP contribution < -0.4 is 10.1 Å². The van der Waals surface area contributed by atoms with Crippen LogP contribution in [-0.4, -0.2) is 62.8 Å². The molecule has 10 heteroatoms. The third-order valence-corrected chi connectivity index (χ3v) is 5.61. The van der Waals surface area contributed by atoms with Gasteiger partial charge in [0.2, 0.25) is 0 Å². The molecule has 2 amide bonds. The number of thioether (sulfide) groups is 1. The highest BCUT2D eigenvalue weighted by molar-refractivity contribution is 7.99. The molecule has 1 aromatic carbocycles. The number of hydrogen-bond acceptors (Lipinski definition) is 7. The van der Waals surface area contributed by atoms with Gasteiger partial charge in [-0.15, -0.1) is 5.10 Å². The van der Waals surface area contributed by atoms with Crippen molar-refractivity contribution in [3.63, 3.8) is 0 Å². The molecule has 162 valence electrons. The first-order valence-corrected chi connectivity index (χ1v) is 11.2. The number of carbonyl (C=O) groups is 2. The minimum Gasteiger partial charge on any atom is -0.426 e. The number of carbonyl (C=O) groups excluding carboxylic acids is 2. The maximum Gasteiger partial charge on any atom is 0.290 e. The van der Waals surface area contributed by atoms with E-state index in [9.17, 15) is 9.59 Å². The van der Waals surface area contributed by atoms with Gasteiger partial charge in [0.25, 0.3) is 17.8 Å². The molecule has 31 heavy (non-hydrogen) atoms. The molecule has 0 saturated carbocycles. The maximum atomic E-state index is 12.4. The summed E-state index contributed by atoms with van der Waals surface area (Å²) in [6, 6.07) is 12.4. The van der Waals surface area contributed by atoms with Gasteiger partial charge in [0.1, 0.15) is 5.75 Å². The van der Waals surface area contributed by atoms with E-state index in [2.05, 4.69) is 15.6 Å². The van der Waals surface area contributed by atoms with Crippen molar-refractivity contribution >= 4 is 23.6 Å². The van der Waals surface area contributed by atoms with Gasteiger partial charge in [0.15, 0.2) is 11.5 Å². The number of aryl methyl sites for hydroxylation is 1. The summed E-state index contributed by atoms with van der Waals surface area (Å²) in [5.74, 6) is 2.58. The van der Waals surface area contributed by atoms with E-state index < -0.39 is 0 Å². The molecule has 9 nitrogen and oxygen atoms in total. The van der Waals surface area contributed by atoms with Gasteiger partial charge in [-0.05, 0) is 24.6 Å². The number of nitrogens with one attached hydrogen (secondary N) is 1. The molecular formula is C21H23N5O4S. The quantitative estimate of drug-likeness (QED) is 0.536. The number of rotatable bonds is 8. The van der Waals surface area contributed by atoms with Crippen molar-refractivity contribution in [3.05, 3.63) is 60.1 Å². The molecule has 1 aliphatic heterocycles. The molecule has 3 heterocycles. The summed E-state index contributed by atoms with van der Waals surface area (Å²) in [5.41, 5.74) is 0.359. The molecule has 1 aliphatic rings. The molecule has 2 aromatic heterocycles. The zero-order chi connectivity index (χ0) is 21.5. The number of ether oxygens (including phenoxy) is 1. The van der Waals surface area contributed by atoms with Crippen LogP contribution in [0.3, 0.4) is 0 Å². The number of amides is 2. The lowest BCUT2D eigenvalue weighted by molar-refractivity contribution is 0.0766. The predicted molar refractivity (Wildman–Crippen MR) is 115 cm³/mol. The summed E-state index contributed by atoms with van der Waals surface area (Å²) in [7, 11) is 0. The van der Waals surface area contributed by atoms with Crippen LogP contribution in [0.25, 0.3) is 0 Å². The summed E-state index contributed by atoms with van der Waals surface area (Å²) in [6.07, 6.45) is 2.29. The Balaban J connectivity index is 1.20. The number of hydrogen-bond donors (Lipinski definition) is 1. The van der Waals surface area contributed by atoms with Crippen molar-refractivity contribution in [3.8, 4) is 11.7 Å². The molecule has 1 N–H and O–H groups in total. The van der Waals surface area contributed by atoms with Gasteiger partial charge < -0.3 is 19.4 Å². The molecule has 0 spiro atoms. The van der Waals surface area contributed by atoms with Crippen molar-refractivity contribution < 1.29 is 18.7 Å². The van der Waals surface area contributed by atoms with E-state index in [4.69, 9.17) is 9.15 Å². The van der Waals surface area contributed by atoms with Gasteiger partial charge in [0.05, 0.1) is 6.20 Å². The van der Waals surface area contributed by atoms with E-state index >= 15 is 0 Å². The highest BCUT2D eigenvalue weighted by atomic mass is 32.2. The fourth-order valence-electron chi connectivity index (χ4n) is 3.07. The van der Waals surface area contributed by atoms with Crippen LogP contribution in [0.4, 0.5) is 0 Å². The lowest BCUT2D eigenvalue weighted by atomic mass is 10.3. The highest BCUT2D eigenvalue weighted by Crippen LogP contribution is 2.23. The summed E-state index contributed by atoms with van der Waals surface area (Å²) in [6.45, 7) is 2.46. The second-order valence-electron chi connectivity index (χ2n) is 6.91. The summed E-state index contributed by atoms with van der Waals surface area (Å²) < 4.78 is 12.6. The van der Waals surface area contributed by atoms with Gasteiger partial charge >= 0.3 is 0 Å². The first-order valence-electron chi connectivity index (χ1n) is 10.1. The Kier molecular flexibility index (Phi) is 6.88. The normalized spacial score (nSPS) is 13.7. The van der Waals surface area contributed by atoms with Crippen molar-refractivity contribution in [2.45, 2.75) is 13.0 Å². The molecule has 0 bridgehead atoms. The Hall–Kier alpha value is -3.27.